The zero-order valence-corrected chi connectivity index (χ0v) is 16.6. The predicted molar refractivity (Wildman–Crippen MR) is 108 cm³/mol. The Morgan fingerprint density at radius 3 is 2.89 bits per heavy atom. The van der Waals surface area contributed by atoms with Crippen LogP contribution in [0, 0.1) is 0 Å². The number of H-pyrrole nitrogens is 1. The first-order valence-electron chi connectivity index (χ1n) is 9.02. The third-order valence-electron chi connectivity index (χ3n) is 4.04. The Kier molecular flexibility index (Phi) is 6.54. The van der Waals surface area contributed by atoms with Crippen LogP contribution in [0.4, 0.5) is 0 Å². The van der Waals surface area contributed by atoms with Crippen molar-refractivity contribution in [2.75, 3.05) is 12.4 Å². The van der Waals surface area contributed by atoms with Gasteiger partial charge in [0.1, 0.15) is 5.75 Å². The van der Waals surface area contributed by atoms with Crippen molar-refractivity contribution in [2.24, 2.45) is 5.10 Å². The molecule has 8 heteroatoms. The van der Waals surface area contributed by atoms with Crippen molar-refractivity contribution in [2.45, 2.75) is 25.5 Å². The molecule has 1 aromatic heterocycles. The topological polar surface area (TPSA) is 93.4 Å². The molecule has 0 radical (unpaired) electrons. The summed E-state index contributed by atoms with van der Waals surface area (Å²) in [5.41, 5.74) is 4.95. The van der Waals surface area contributed by atoms with Crippen molar-refractivity contribution in [3.05, 3.63) is 48.0 Å². The Balaban J connectivity index is 1.60. The second kappa shape index (κ2) is 9.27. The number of thioether (sulfide) groups is 1. The number of aromatic amines is 1. The van der Waals surface area contributed by atoms with Gasteiger partial charge >= 0.3 is 5.16 Å². The molecule has 0 aliphatic rings. The molecule has 28 heavy (non-hydrogen) atoms. The van der Waals surface area contributed by atoms with E-state index in [0.717, 1.165) is 22.7 Å². The van der Waals surface area contributed by atoms with Crippen LogP contribution in [0.5, 0.6) is 11.5 Å². The van der Waals surface area contributed by atoms with E-state index in [9.17, 15) is 9.90 Å². The monoisotopic (exact) mass is 398 g/mol. The minimum absolute atomic E-state index is 0.202. The number of amides is 1. The second-order valence-corrected chi connectivity index (χ2v) is 6.84. The van der Waals surface area contributed by atoms with E-state index in [1.165, 1.54) is 18.0 Å². The number of aryl methyl sites for hydroxylation is 1. The van der Waals surface area contributed by atoms with Gasteiger partial charge in [0.05, 0.1) is 25.1 Å². The minimum atomic E-state index is -0.254. The summed E-state index contributed by atoms with van der Waals surface area (Å²) in [4.78, 5) is 15.4. The second-order valence-electron chi connectivity index (χ2n) is 5.88. The normalized spacial score (nSPS) is 11.2. The molecule has 2 aromatic carbocycles. The summed E-state index contributed by atoms with van der Waals surface area (Å²) in [6.45, 7) is 5.09. The molecule has 7 nitrogen and oxygen atoms in total. The molecule has 3 rings (SSSR count). The molecule has 3 aromatic rings. The van der Waals surface area contributed by atoms with E-state index in [4.69, 9.17) is 4.74 Å². The molecule has 2 N–H and O–H groups in total. The van der Waals surface area contributed by atoms with Crippen molar-refractivity contribution in [1.29, 1.82) is 0 Å². The number of para-hydroxylation sites is 3. The average Bonchev–Trinajstić information content (AvgIpc) is 3.07. The Morgan fingerprint density at radius 2 is 2.11 bits per heavy atom. The molecule has 0 atom stereocenters. The number of hydrazone groups is 1. The molecule has 0 spiro atoms. The van der Waals surface area contributed by atoms with Crippen LogP contribution in [0.3, 0.4) is 0 Å². The van der Waals surface area contributed by atoms with Crippen LogP contribution in [0.15, 0.2) is 52.7 Å². The number of carbonyl (C=O) groups is 1. The van der Waals surface area contributed by atoms with Crippen molar-refractivity contribution < 1.29 is 19.2 Å². The molecule has 0 saturated carbocycles. The van der Waals surface area contributed by atoms with Crippen molar-refractivity contribution in [3.8, 4) is 11.5 Å². The van der Waals surface area contributed by atoms with E-state index in [2.05, 4.69) is 27.0 Å². The van der Waals surface area contributed by atoms with Crippen LogP contribution >= 0.6 is 11.8 Å². The van der Waals surface area contributed by atoms with Gasteiger partial charge in [0.2, 0.25) is 0 Å². The average molecular weight is 398 g/mol. The highest BCUT2D eigenvalue weighted by molar-refractivity contribution is 7.99. The molecule has 146 valence electrons. The fourth-order valence-corrected chi connectivity index (χ4v) is 3.68. The van der Waals surface area contributed by atoms with Crippen LogP contribution < -0.4 is 19.8 Å². The number of hydrogen-bond acceptors (Lipinski definition) is 5. The van der Waals surface area contributed by atoms with E-state index in [-0.39, 0.29) is 23.2 Å². The highest BCUT2D eigenvalue weighted by Gasteiger charge is 2.18. The number of nitrogens with zero attached hydrogens (tertiary/aromatic N) is 2. The maximum Gasteiger partial charge on any atom is 0.317 e. The lowest BCUT2D eigenvalue weighted by molar-refractivity contribution is -0.705. The van der Waals surface area contributed by atoms with E-state index in [0.29, 0.717) is 12.2 Å². The molecule has 1 amide bonds. The van der Waals surface area contributed by atoms with Crippen LogP contribution in [-0.4, -0.2) is 29.5 Å². The molecular formula is C20H22N4O3S. The van der Waals surface area contributed by atoms with E-state index in [1.807, 2.05) is 31.2 Å². The van der Waals surface area contributed by atoms with Gasteiger partial charge in [0.25, 0.3) is 5.91 Å². The van der Waals surface area contributed by atoms with Gasteiger partial charge < -0.3 is 9.84 Å². The number of aromatic nitrogens is 2. The quantitative estimate of drug-likeness (QED) is 0.263. The number of hydrogen-bond donors (Lipinski definition) is 2. The summed E-state index contributed by atoms with van der Waals surface area (Å²) in [7, 11) is 0. The number of carbonyl (C=O) groups excluding carboxylic acids is 1. The van der Waals surface area contributed by atoms with E-state index >= 15 is 0 Å². The number of ether oxygens (including phenoxy) is 1. The maximum atomic E-state index is 12.2. The molecule has 0 aliphatic carbocycles. The molecule has 0 unspecified atom stereocenters. The molecule has 1 heterocycles. The van der Waals surface area contributed by atoms with Gasteiger partial charge in [-0.2, -0.15) is 5.10 Å². The Hall–Kier alpha value is -3.00. The lowest BCUT2D eigenvalue weighted by atomic mass is 10.2. The molecule has 0 bridgehead atoms. The van der Waals surface area contributed by atoms with Crippen molar-refractivity contribution in [3.63, 3.8) is 0 Å². The number of benzene rings is 2. The first-order chi connectivity index (χ1) is 13.6. The summed E-state index contributed by atoms with van der Waals surface area (Å²) >= 11 is 1.40. The zero-order chi connectivity index (χ0) is 19.9. The molecule has 0 aliphatic heterocycles. The van der Waals surface area contributed by atoms with Crippen molar-refractivity contribution >= 4 is 34.9 Å². The summed E-state index contributed by atoms with van der Waals surface area (Å²) in [5, 5.41) is 17.0. The lowest BCUT2D eigenvalue weighted by Gasteiger charge is -2.15. The van der Waals surface area contributed by atoms with Gasteiger partial charge in [-0.3, -0.25) is 4.79 Å². The van der Waals surface area contributed by atoms with Gasteiger partial charge in [-0.1, -0.05) is 30.0 Å². The third kappa shape index (κ3) is 4.45. The standard InChI is InChI=1S/C20H22N4O3S/c1-3-24-16-10-6-5-9-15(16)22-20(24)28-13-18(25)23-21-12-14-8-7-11-17(19(14)26)27-4-2/h5-12H,3-4,13H2,1-2H3,(H2,21,23,25,26). The van der Waals surface area contributed by atoms with Gasteiger partial charge in [-0.15, -0.1) is 0 Å². The summed E-state index contributed by atoms with van der Waals surface area (Å²) in [6.07, 6.45) is 1.34. The highest BCUT2D eigenvalue weighted by atomic mass is 32.2. The Labute approximate surface area is 167 Å². The Bertz CT molecular complexity index is 1000. The smallest absolute Gasteiger partial charge is 0.317 e. The number of imidazole rings is 1. The lowest BCUT2D eigenvalue weighted by Crippen LogP contribution is -2.34. The maximum absolute atomic E-state index is 12.2. The first-order valence-corrected chi connectivity index (χ1v) is 10.0. The Morgan fingerprint density at radius 1 is 1.29 bits per heavy atom. The molecule has 0 fully saturated rings. The fraction of sp³-hybridized carbons (Fsp3) is 0.250. The number of nitrogens with one attached hydrogen (secondary N) is 2. The van der Waals surface area contributed by atoms with E-state index in [1.54, 1.807) is 18.2 Å². The minimum Gasteiger partial charge on any atom is -0.870 e. The van der Waals surface area contributed by atoms with Gasteiger partial charge in [-0.25, -0.2) is 15.0 Å². The largest absolute Gasteiger partial charge is 0.870 e. The third-order valence-corrected chi connectivity index (χ3v) is 5.04. The predicted octanol–water partition coefficient (Wildman–Crippen LogP) is 2.19. The summed E-state index contributed by atoms with van der Waals surface area (Å²) in [6, 6.07) is 13.0. The van der Waals surface area contributed by atoms with Gasteiger partial charge in [-0.05, 0) is 49.4 Å². The van der Waals surface area contributed by atoms with Crippen LogP contribution in [-0.2, 0) is 11.3 Å². The zero-order valence-electron chi connectivity index (χ0n) is 15.8. The van der Waals surface area contributed by atoms with Crippen LogP contribution in [0.25, 0.3) is 11.0 Å². The fourth-order valence-electron chi connectivity index (χ4n) is 2.78. The number of rotatable bonds is 8. The van der Waals surface area contributed by atoms with E-state index < -0.39 is 0 Å². The summed E-state index contributed by atoms with van der Waals surface area (Å²) < 4.78 is 7.39. The molecular weight excluding hydrogens is 376 g/mol. The SMILES string of the molecule is CCOc1cccc(C=NNC(=O)CSc2[nH]c3ccccc3[n+]2CC)c1[O-]. The number of fused-ring (bicyclic) bond motifs is 1. The molecule has 0 saturated heterocycles. The van der Waals surface area contributed by atoms with Gasteiger partial charge in [0, 0.05) is 0 Å². The van der Waals surface area contributed by atoms with Crippen LogP contribution in [0.1, 0.15) is 19.4 Å². The summed E-state index contributed by atoms with van der Waals surface area (Å²) in [5.74, 6) is -0.0288. The highest BCUT2D eigenvalue weighted by Crippen LogP contribution is 2.25. The van der Waals surface area contributed by atoms with Crippen molar-refractivity contribution in [1.82, 2.24) is 10.4 Å². The first kappa shape index (κ1) is 19.8. The van der Waals surface area contributed by atoms with Gasteiger partial charge in [0.15, 0.2) is 11.0 Å². The van der Waals surface area contributed by atoms with Crippen LogP contribution in [0.2, 0.25) is 0 Å².